The summed E-state index contributed by atoms with van der Waals surface area (Å²) in [5.74, 6) is 0.954. The lowest BCUT2D eigenvalue weighted by Crippen LogP contribution is -2.39. The van der Waals surface area contributed by atoms with E-state index in [0.717, 1.165) is 12.8 Å². The second-order valence-electron chi connectivity index (χ2n) is 16.2. The van der Waals surface area contributed by atoms with Crippen LogP contribution in [0.3, 0.4) is 0 Å². The van der Waals surface area contributed by atoms with E-state index in [1.165, 1.54) is 60.9 Å². The highest BCUT2D eigenvalue weighted by atomic mass is 31.1. The Morgan fingerprint density at radius 2 is 0.808 bits per heavy atom. The molecule has 0 radical (unpaired) electrons. The minimum atomic E-state index is -0.864. The smallest absolute Gasteiger partial charge is 0.170 e. The predicted octanol–water partition coefficient (Wildman–Crippen LogP) is 13.6. The maximum atomic E-state index is 6.69. The normalized spacial score (nSPS) is 20.1. The zero-order chi connectivity index (χ0) is 36.6. The van der Waals surface area contributed by atoms with E-state index in [-0.39, 0.29) is 11.3 Å². The van der Waals surface area contributed by atoms with E-state index in [0.29, 0.717) is 36.9 Å². The average molecular weight is 709 g/mol. The fourth-order valence-corrected chi connectivity index (χ4v) is 12.9. The Balaban J connectivity index is 1.65. The van der Waals surface area contributed by atoms with Gasteiger partial charge in [0.2, 0.25) is 0 Å². The van der Waals surface area contributed by atoms with Crippen molar-refractivity contribution in [1.82, 2.24) is 0 Å². The molecule has 3 heteroatoms. The van der Waals surface area contributed by atoms with Crippen LogP contribution in [0.2, 0.25) is 0 Å². The van der Waals surface area contributed by atoms with Crippen molar-refractivity contribution in [3.05, 3.63) is 149 Å². The summed E-state index contributed by atoms with van der Waals surface area (Å²) >= 11 is 0. The Morgan fingerprint density at radius 1 is 0.462 bits per heavy atom. The van der Waals surface area contributed by atoms with Gasteiger partial charge in [0.05, 0.1) is 13.2 Å². The number of rotatable bonds is 9. The summed E-state index contributed by atoms with van der Waals surface area (Å²) in [5.41, 5.74) is 14.7. The summed E-state index contributed by atoms with van der Waals surface area (Å²) in [6, 6.07) is 44.1. The van der Waals surface area contributed by atoms with E-state index >= 15 is 0 Å². The minimum absolute atomic E-state index is 0.232. The summed E-state index contributed by atoms with van der Waals surface area (Å²) in [4.78, 5) is 0. The lowest BCUT2D eigenvalue weighted by Gasteiger charge is -2.48. The molecule has 5 aromatic carbocycles. The molecule has 2 atom stereocenters. The maximum Gasteiger partial charge on any atom is 0.170 e. The standard InChI is InChI=1S/C49H57O2P/c1-32(2)38-22-15-23-39(33(3)4)46(38)42-26-17-27-43(47-40(34(5)6)24-16-25-41(47)35(7)8)48(42)52-44(36-18-11-9-12-19-36)30-49(50-28-29-51-49)31-45(52)37-20-13-10-14-21-37/h9-27,32-35,44-45H,28-31H2,1-8H3. The molecule has 5 aromatic rings. The third-order valence-corrected chi connectivity index (χ3v) is 14.7. The highest BCUT2D eigenvalue weighted by Crippen LogP contribution is 2.71. The number of benzene rings is 5. The highest BCUT2D eigenvalue weighted by Gasteiger charge is 2.52. The minimum Gasteiger partial charge on any atom is -0.347 e. The second kappa shape index (κ2) is 15.4. The monoisotopic (exact) mass is 708 g/mol. The van der Waals surface area contributed by atoms with Gasteiger partial charge in [-0.1, -0.05) is 179 Å². The molecule has 2 unspecified atom stereocenters. The first kappa shape index (κ1) is 36.8. The molecule has 0 bridgehead atoms. The topological polar surface area (TPSA) is 18.5 Å². The molecular formula is C49H57O2P. The van der Waals surface area contributed by atoms with Gasteiger partial charge in [0, 0.05) is 24.2 Å². The van der Waals surface area contributed by atoms with Gasteiger partial charge in [-0.15, -0.1) is 0 Å². The predicted molar refractivity (Wildman–Crippen MR) is 222 cm³/mol. The van der Waals surface area contributed by atoms with Crippen molar-refractivity contribution in [2.45, 2.75) is 109 Å². The van der Waals surface area contributed by atoms with Crippen molar-refractivity contribution in [3.8, 4) is 22.3 Å². The van der Waals surface area contributed by atoms with Crippen molar-refractivity contribution in [3.63, 3.8) is 0 Å². The molecule has 2 saturated heterocycles. The Labute approximate surface area is 314 Å². The number of hydrogen-bond donors (Lipinski definition) is 0. The molecule has 2 heterocycles. The maximum absolute atomic E-state index is 6.69. The van der Waals surface area contributed by atoms with Gasteiger partial charge >= 0.3 is 0 Å². The van der Waals surface area contributed by atoms with Crippen LogP contribution in [0.4, 0.5) is 0 Å². The Hall–Kier alpha value is -3.55. The zero-order valence-electron chi connectivity index (χ0n) is 32.5. The summed E-state index contributed by atoms with van der Waals surface area (Å²) < 4.78 is 13.4. The molecule has 0 amide bonds. The molecule has 1 spiro atoms. The first-order valence-corrected chi connectivity index (χ1v) is 21.1. The van der Waals surface area contributed by atoms with Crippen LogP contribution in [-0.2, 0) is 9.47 Å². The molecule has 52 heavy (non-hydrogen) atoms. The third-order valence-electron chi connectivity index (χ3n) is 11.4. The van der Waals surface area contributed by atoms with Gasteiger partial charge in [0.25, 0.3) is 0 Å². The van der Waals surface area contributed by atoms with Crippen LogP contribution in [0.5, 0.6) is 0 Å². The van der Waals surface area contributed by atoms with Crippen LogP contribution in [0.15, 0.2) is 115 Å². The van der Waals surface area contributed by atoms with Crippen molar-refractivity contribution in [1.29, 1.82) is 0 Å². The zero-order valence-corrected chi connectivity index (χ0v) is 33.4. The van der Waals surface area contributed by atoms with E-state index in [4.69, 9.17) is 9.47 Å². The van der Waals surface area contributed by atoms with Gasteiger partial charge in [0.15, 0.2) is 5.79 Å². The molecule has 0 aliphatic carbocycles. The lowest BCUT2D eigenvalue weighted by molar-refractivity contribution is -0.170. The summed E-state index contributed by atoms with van der Waals surface area (Å²) in [7, 11) is -0.864. The number of ether oxygens (including phenoxy) is 2. The van der Waals surface area contributed by atoms with Crippen LogP contribution in [-0.4, -0.2) is 19.0 Å². The molecule has 2 nitrogen and oxygen atoms in total. The van der Waals surface area contributed by atoms with Crippen LogP contribution < -0.4 is 5.30 Å². The molecule has 2 fully saturated rings. The van der Waals surface area contributed by atoms with Crippen molar-refractivity contribution in [2.24, 2.45) is 0 Å². The SMILES string of the molecule is CC(C)c1cccc(C(C)C)c1-c1cccc(-c2c(C(C)C)cccc2C(C)C)c1P1C(c2ccccc2)CC2(CC1c1ccccc1)OCCO2. The van der Waals surface area contributed by atoms with Crippen LogP contribution in [0.25, 0.3) is 22.3 Å². The van der Waals surface area contributed by atoms with Gasteiger partial charge in [-0.05, 0) is 84.6 Å². The summed E-state index contributed by atoms with van der Waals surface area (Å²) in [5, 5.41) is 1.54. The largest absolute Gasteiger partial charge is 0.347 e. The molecule has 2 aliphatic rings. The Bertz CT molecular complexity index is 1780. The molecular weight excluding hydrogens is 652 g/mol. The van der Waals surface area contributed by atoms with Crippen LogP contribution >= 0.6 is 7.92 Å². The van der Waals surface area contributed by atoms with Crippen LogP contribution in [0.1, 0.15) is 137 Å². The van der Waals surface area contributed by atoms with Gasteiger partial charge in [-0.3, -0.25) is 0 Å². The first-order chi connectivity index (χ1) is 25.1. The van der Waals surface area contributed by atoms with E-state index < -0.39 is 13.7 Å². The van der Waals surface area contributed by atoms with Gasteiger partial charge in [0.1, 0.15) is 0 Å². The Kier molecular flexibility index (Phi) is 10.9. The van der Waals surface area contributed by atoms with Crippen molar-refractivity contribution in [2.75, 3.05) is 13.2 Å². The first-order valence-electron chi connectivity index (χ1n) is 19.7. The molecule has 0 aromatic heterocycles. The van der Waals surface area contributed by atoms with Crippen LogP contribution in [0, 0.1) is 0 Å². The third kappa shape index (κ3) is 6.96. The molecule has 2 aliphatic heterocycles. The molecule has 0 saturated carbocycles. The van der Waals surface area contributed by atoms with Gasteiger partial charge < -0.3 is 9.47 Å². The van der Waals surface area contributed by atoms with E-state index in [9.17, 15) is 0 Å². The van der Waals surface area contributed by atoms with Crippen molar-refractivity contribution >= 4 is 13.2 Å². The second-order valence-corrected chi connectivity index (χ2v) is 18.7. The van der Waals surface area contributed by atoms with E-state index in [1.54, 1.807) is 0 Å². The van der Waals surface area contributed by atoms with Gasteiger partial charge in [-0.25, -0.2) is 0 Å². The van der Waals surface area contributed by atoms with E-state index in [1.807, 2.05) is 0 Å². The van der Waals surface area contributed by atoms with Crippen molar-refractivity contribution < 1.29 is 9.47 Å². The van der Waals surface area contributed by atoms with Gasteiger partial charge in [-0.2, -0.15) is 0 Å². The lowest BCUT2D eigenvalue weighted by atomic mass is 9.82. The fraction of sp³-hybridized carbons (Fsp3) is 0.388. The Morgan fingerprint density at radius 3 is 1.15 bits per heavy atom. The molecule has 0 N–H and O–H groups in total. The quantitative estimate of drug-likeness (QED) is 0.142. The summed E-state index contributed by atoms with van der Waals surface area (Å²) in [6.45, 7) is 20.2. The molecule has 270 valence electrons. The fourth-order valence-electron chi connectivity index (χ4n) is 8.99. The van der Waals surface area contributed by atoms with E-state index in [2.05, 4.69) is 171 Å². The highest BCUT2D eigenvalue weighted by molar-refractivity contribution is 7.67. The summed E-state index contributed by atoms with van der Waals surface area (Å²) in [6.07, 6.45) is 1.71. The average Bonchev–Trinajstić information content (AvgIpc) is 3.61. The molecule has 7 rings (SSSR count). The number of hydrogen-bond acceptors (Lipinski definition) is 2.